The Kier molecular flexibility index (Phi) is 4.79. The van der Waals surface area contributed by atoms with Gasteiger partial charge in [-0.3, -0.25) is 0 Å². The largest absolute Gasteiger partial charge is 0.416 e. The van der Waals surface area contributed by atoms with Gasteiger partial charge in [0, 0.05) is 11.2 Å². The van der Waals surface area contributed by atoms with E-state index in [1.807, 2.05) is 20.8 Å². The quantitative estimate of drug-likeness (QED) is 0.817. The summed E-state index contributed by atoms with van der Waals surface area (Å²) in [5.41, 5.74) is -0.583. The van der Waals surface area contributed by atoms with Crippen molar-refractivity contribution in [3.8, 4) is 0 Å². The molecular formula is C13H17F3N2S. The molecule has 0 radical (unpaired) electrons. The van der Waals surface area contributed by atoms with Gasteiger partial charge in [0.15, 0.2) is 5.11 Å². The molecule has 0 unspecified atom stereocenters. The van der Waals surface area contributed by atoms with Gasteiger partial charge in [0.05, 0.1) is 5.56 Å². The summed E-state index contributed by atoms with van der Waals surface area (Å²) in [7, 11) is 0. The van der Waals surface area contributed by atoms with Crippen molar-refractivity contribution >= 4 is 23.0 Å². The summed E-state index contributed by atoms with van der Waals surface area (Å²) in [6.07, 6.45) is -3.51. The van der Waals surface area contributed by atoms with E-state index in [-0.39, 0.29) is 5.54 Å². The Balaban J connectivity index is 2.76. The summed E-state index contributed by atoms with van der Waals surface area (Å²) in [6, 6.07) is 4.95. The number of benzene rings is 1. The fourth-order valence-electron chi connectivity index (χ4n) is 1.33. The van der Waals surface area contributed by atoms with Gasteiger partial charge < -0.3 is 10.6 Å². The van der Waals surface area contributed by atoms with E-state index < -0.39 is 11.7 Å². The maximum absolute atomic E-state index is 12.6. The van der Waals surface area contributed by atoms with Crippen LogP contribution in [0, 0.1) is 0 Å². The van der Waals surface area contributed by atoms with E-state index in [2.05, 4.69) is 10.6 Å². The fraction of sp³-hybridized carbons (Fsp3) is 0.462. The van der Waals surface area contributed by atoms with Crippen molar-refractivity contribution in [2.45, 2.75) is 38.9 Å². The normalized spacial score (nSPS) is 12.1. The molecule has 0 saturated carbocycles. The van der Waals surface area contributed by atoms with Crippen LogP contribution in [0.1, 0.15) is 32.8 Å². The number of alkyl halides is 3. The summed E-state index contributed by atoms with van der Waals surface area (Å²) in [5, 5.41) is 6.13. The van der Waals surface area contributed by atoms with Crippen molar-refractivity contribution in [2.24, 2.45) is 0 Å². The molecule has 0 aromatic heterocycles. The topological polar surface area (TPSA) is 24.1 Å². The van der Waals surface area contributed by atoms with E-state index in [1.54, 1.807) is 6.07 Å². The highest BCUT2D eigenvalue weighted by Crippen LogP contribution is 2.30. The van der Waals surface area contributed by atoms with Crippen LogP contribution < -0.4 is 10.6 Å². The molecule has 0 bridgehead atoms. The Morgan fingerprint density at radius 2 is 1.89 bits per heavy atom. The van der Waals surface area contributed by atoms with Crippen molar-refractivity contribution in [1.29, 1.82) is 0 Å². The third-order valence-corrected chi connectivity index (χ3v) is 2.99. The monoisotopic (exact) mass is 290 g/mol. The summed E-state index contributed by atoms with van der Waals surface area (Å²) >= 11 is 5.08. The Morgan fingerprint density at radius 1 is 1.26 bits per heavy atom. The third-order valence-electron chi connectivity index (χ3n) is 2.78. The van der Waals surface area contributed by atoms with Crippen LogP contribution in [0.5, 0.6) is 0 Å². The summed E-state index contributed by atoms with van der Waals surface area (Å²) in [4.78, 5) is 0. The molecular weight excluding hydrogens is 273 g/mol. The van der Waals surface area contributed by atoms with Crippen molar-refractivity contribution in [3.63, 3.8) is 0 Å². The molecule has 106 valence electrons. The highest BCUT2D eigenvalue weighted by atomic mass is 32.1. The Morgan fingerprint density at radius 3 is 2.42 bits per heavy atom. The van der Waals surface area contributed by atoms with E-state index in [0.717, 1.165) is 18.6 Å². The molecule has 0 heterocycles. The third kappa shape index (κ3) is 5.06. The lowest BCUT2D eigenvalue weighted by molar-refractivity contribution is -0.137. The van der Waals surface area contributed by atoms with Crippen LogP contribution >= 0.6 is 12.2 Å². The highest BCUT2D eigenvalue weighted by Gasteiger charge is 2.30. The fourth-order valence-corrected chi connectivity index (χ4v) is 1.73. The van der Waals surface area contributed by atoms with Crippen LogP contribution in [-0.4, -0.2) is 10.7 Å². The molecule has 0 amide bonds. The molecule has 19 heavy (non-hydrogen) atoms. The highest BCUT2D eigenvalue weighted by molar-refractivity contribution is 7.80. The number of hydrogen-bond donors (Lipinski definition) is 2. The molecule has 2 N–H and O–H groups in total. The van der Waals surface area contributed by atoms with Gasteiger partial charge in [0.2, 0.25) is 0 Å². The number of hydrogen-bond acceptors (Lipinski definition) is 1. The van der Waals surface area contributed by atoms with Gasteiger partial charge in [-0.1, -0.05) is 13.0 Å². The average Bonchev–Trinajstić information content (AvgIpc) is 2.27. The van der Waals surface area contributed by atoms with Crippen LogP contribution in [0.15, 0.2) is 24.3 Å². The molecule has 0 atom stereocenters. The molecule has 0 spiro atoms. The zero-order valence-electron chi connectivity index (χ0n) is 11.1. The minimum atomic E-state index is -4.35. The van der Waals surface area contributed by atoms with Gasteiger partial charge >= 0.3 is 6.18 Å². The van der Waals surface area contributed by atoms with Crippen LogP contribution in [0.25, 0.3) is 0 Å². The minimum absolute atomic E-state index is 0.203. The molecule has 0 fully saturated rings. The van der Waals surface area contributed by atoms with E-state index in [1.165, 1.54) is 6.07 Å². The second kappa shape index (κ2) is 5.77. The van der Waals surface area contributed by atoms with Crippen LogP contribution in [-0.2, 0) is 6.18 Å². The molecule has 2 nitrogen and oxygen atoms in total. The second-order valence-electron chi connectivity index (χ2n) is 4.90. The average molecular weight is 290 g/mol. The first-order valence-electron chi connectivity index (χ1n) is 5.90. The summed E-state index contributed by atoms with van der Waals surface area (Å²) in [6.45, 7) is 5.93. The van der Waals surface area contributed by atoms with Crippen molar-refractivity contribution in [2.75, 3.05) is 5.32 Å². The predicted molar refractivity (Wildman–Crippen MR) is 75.2 cm³/mol. The van der Waals surface area contributed by atoms with E-state index >= 15 is 0 Å². The first-order valence-corrected chi connectivity index (χ1v) is 6.31. The number of thiocarbonyl (C=S) groups is 1. The Hall–Kier alpha value is -1.30. The van der Waals surface area contributed by atoms with E-state index in [4.69, 9.17) is 12.2 Å². The molecule has 0 saturated heterocycles. The van der Waals surface area contributed by atoms with Crippen LogP contribution in [0.3, 0.4) is 0 Å². The van der Waals surface area contributed by atoms with Crippen LogP contribution in [0.4, 0.5) is 18.9 Å². The molecule has 1 rings (SSSR count). The van der Waals surface area contributed by atoms with Crippen molar-refractivity contribution in [3.05, 3.63) is 29.8 Å². The number of nitrogens with one attached hydrogen (secondary N) is 2. The number of anilines is 1. The van der Waals surface area contributed by atoms with Gasteiger partial charge in [-0.05, 0) is 50.7 Å². The first kappa shape index (κ1) is 15.8. The molecule has 0 aliphatic carbocycles. The van der Waals surface area contributed by atoms with E-state index in [9.17, 15) is 13.2 Å². The van der Waals surface area contributed by atoms with Crippen LogP contribution in [0.2, 0.25) is 0 Å². The number of rotatable bonds is 3. The maximum atomic E-state index is 12.6. The first-order chi connectivity index (χ1) is 8.64. The zero-order valence-corrected chi connectivity index (χ0v) is 11.9. The lowest BCUT2D eigenvalue weighted by Crippen LogP contribution is -2.44. The lowest BCUT2D eigenvalue weighted by atomic mass is 10.0. The van der Waals surface area contributed by atoms with Gasteiger partial charge in [-0.2, -0.15) is 13.2 Å². The summed E-state index contributed by atoms with van der Waals surface area (Å²) < 4.78 is 37.7. The molecule has 0 aliphatic rings. The molecule has 0 aliphatic heterocycles. The van der Waals surface area contributed by atoms with Gasteiger partial charge in [0.25, 0.3) is 0 Å². The Bertz CT molecular complexity index is 455. The Labute approximate surface area is 116 Å². The van der Waals surface area contributed by atoms with Gasteiger partial charge in [-0.25, -0.2) is 0 Å². The minimum Gasteiger partial charge on any atom is -0.358 e. The SMILES string of the molecule is CCC(C)(C)NC(=S)Nc1cccc(C(F)(F)F)c1. The van der Waals surface area contributed by atoms with E-state index in [0.29, 0.717) is 10.8 Å². The second-order valence-corrected chi connectivity index (χ2v) is 5.30. The zero-order chi connectivity index (χ0) is 14.7. The molecule has 1 aromatic carbocycles. The van der Waals surface area contributed by atoms with Gasteiger partial charge in [-0.15, -0.1) is 0 Å². The number of halogens is 3. The van der Waals surface area contributed by atoms with Gasteiger partial charge in [0.1, 0.15) is 0 Å². The van der Waals surface area contributed by atoms with Crippen molar-refractivity contribution < 1.29 is 13.2 Å². The smallest absolute Gasteiger partial charge is 0.358 e. The molecule has 1 aromatic rings. The van der Waals surface area contributed by atoms with Crippen molar-refractivity contribution in [1.82, 2.24) is 5.32 Å². The standard InChI is InChI=1S/C13H17F3N2S/c1-4-12(2,3)18-11(19)17-10-7-5-6-9(8-10)13(14,15)16/h5-8H,4H2,1-3H3,(H2,17,18,19). The maximum Gasteiger partial charge on any atom is 0.416 e. The lowest BCUT2D eigenvalue weighted by Gasteiger charge is -2.26. The predicted octanol–water partition coefficient (Wildman–Crippen LogP) is 4.18. The molecule has 6 heteroatoms. The summed E-state index contributed by atoms with van der Waals surface area (Å²) in [5.74, 6) is 0.